The van der Waals surface area contributed by atoms with E-state index in [1.54, 1.807) is 29.2 Å². The molecule has 1 heterocycles. The third kappa shape index (κ3) is 4.54. The quantitative estimate of drug-likeness (QED) is 0.737. The van der Waals surface area contributed by atoms with Crippen LogP contribution in [-0.2, 0) is 19.4 Å². The molecule has 1 aliphatic rings. The number of nitrogens with zero attached hydrogens (tertiary/aromatic N) is 1. The van der Waals surface area contributed by atoms with Crippen LogP contribution in [0.2, 0.25) is 0 Å². The predicted octanol–water partition coefficient (Wildman–Crippen LogP) is 2.61. The molecule has 0 N–H and O–H groups in total. The second kappa shape index (κ2) is 7.92. The molecule has 1 fully saturated rings. The van der Waals surface area contributed by atoms with E-state index in [0.717, 1.165) is 19.1 Å². The number of amides is 1. The van der Waals surface area contributed by atoms with Gasteiger partial charge in [0.15, 0.2) is 9.84 Å². The lowest BCUT2D eigenvalue weighted by atomic mass is 10.1. The van der Waals surface area contributed by atoms with Crippen molar-refractivity contribution in [2.75, 3.05) is 19.3 Å². The van der Waals surface area contributed by atoms with Gasteiger partial charge in [-0.25, -0.2) is 13.2 Å². The van der Waals surface area contributed by atoms with Crippen molar-refractivity contribution >= 4 is 21.7 Å². The maximum Gasteiger partial charge on any atom is 0.339 e. The van der Waals surface area contributed by atoms with E-state index in [1.807, 2.05) is 6.07 Å². The first-order valence-electron chi connectivity index (χ1n) is 8.71. The van der Waals surface area contributed by atoms with Crippen LogP contribution >= 0.6 is 0 Å². The maximum atomic E-state index is 12.9. The number of hydrogen-bond acceptors (Lipinski definition) is 5. The van der Waals surface area contributed by atoms with E-state index in [9.17, 15) is 18.0 Å². The van der Waals surface area contributed by atoms with Crippen LogP contribution in [0.5, 0.6) is 0 Å². The number of rotatable bonds is 5. The Bertz CT molecular complexity index is 917. The first-order chi connectivity index (χ1) is 12.9. The molecule has 0 spiro atoms. The number of carbonyl (C=O) groups excluding carboxylic acids is 2. The number of esters is 1. The summed E-state index contributed by atoms with van der Waals surface area (Å²) in [7, 11) is -3.35. The normalized spacial score (nSPS) is 15.4. The Morgan fingerprint density at radius 3 is 2.11 bits per heavy atom. The fraction of sp³-hybridized carbons (Fsp3) is 0.300. The van der Waals surface area contributed by atoms with Gasteiger partial charge >= 0.3 is 5.97 Å². The summed E-state index contributed by atoms with van der Waals surface area (Å²) in [6.45, 7) is 1.31. The molecule has 1 aliphatic heterocycles. The van der Waals surface area contributed by atoms with E-state index in [-0.39, 0.29) is 16.4 Å². The third-order valence-corrected chi connectivity index (χ3v) is 5.62. The van der Waals surface area contributed by atoms with Crippen LogP contribution in [0.3, 0.4) is 0 Å². The van der Waals surface area contributed by atoms with Crippen molar-refractivity contribution in [1.29, 1.82) is 0 Å². The highest BCUT2D eigenvalue weighted by Gasteiger charge is 2.31. The first kappa shape index (κ1) is 19.1. The highest BCUT2D eigenvalue weighted by molar-refractivity contribution is 7.90. The largest absolute Gasteiger partial charge is 0.444 e. The van der Waals surface area contributed by atoms with Gasteiger partial charge in [-0.3, -0.25) is 4.79 Å². The Morgan fingerprint density at radius 2 is 1.56 bits per heavy atom. The van der Waals surface area contributed by atoms with Crippen molar-refractivity contribution in [3.8, 4) is 0 Å². The summed E-state index contributed by atoms with van der Waals surface area (Å²) in [5.74, 6) is -0.906. The molecule has 0 bridgehead atoms. The summed E-state index contributed by atoms with van der Waals surface area (Å²) in [4.78, 5) is 27.3. The van der Waals surface area contributed by atoms with Crippen LogP contribution in [0, 0.1) is 0 Å². The lowest BCUT2D eigenvalue weighted by molar-refractivity contribution is -0.140. The van der Waals surface area contributed by atoms with E-state index < -0.39 is 21.9 Å². The first-order valence-corrected chi connectivity index (χ1v) is 10.6. The summed E-state index contributed by atoms with van der Waals surface area (Å²) in [5, 5.41) is 0. The van der Waals surface area contributed by atoms with E-state index in [1.165, 1.54) is 24.3 Å². The van der Waals surface area contributed by atoms with Crippen LogP contribution in [0.4, 0.5) is 0 Å². The van der Waals surface area contributed by atoms with Gasteiger partial charge in [0, 0.05) is 24.9 Å². The van der Waals surface area contributed by atoms with Crippen molar-refractivity contribution in [2.45, 2.75) is 23.8 Å². The van der Waals surface area contributed by atoms with Gasteiger partial charge in [-0.1, -0.05) is 30.3 Å². The summed E-state index contributed by atoms with van der Waals surface area (Å²) < 4.78 is 28.6. The lowest BCUT2D eigenvalue weighted by Gasteiger charge is -2.23. The number of benzene rings is 2. The zero-order valence-electron chi connectivity index (χ0n) is 15.0. The second-order valence-corrected chi connectivity index (χ2v) is 8.54. The maximum absolute atomic E-state index is 12.9. The molecule has 1 saturated heterocycles. The Hall–Kier alpha value is -2.67. The highest BCUT2D eigenvalue weighted by atomic mass is 32.2. The van der Waals surface area contributed by atoms with Crippen LogP contribution in [0.25, 0.3) is 0 Å². The van der Waals surface area contributed by atoms with Gasteiger partial charge < -0.3 is 9.64 Å². The highest BCUT2D eigenvalue weighted by Crippen LogP contribution is 2.24. The summed E-state index contributed by atoms with van der Waals surface area (Å²) in [6, 6.07) is 14.4. The molecule has 142 valence electrons. The Morgan fingerprint density at radius 1 is 0.963 bits per heavy atom. The molecule has 0 aliphatic carbocycles. The van der Waals surface area contributed by atoms with Crippen molar-refractivity contribution in [3.05, 3.63) is 65.7 Å². The van der Waals surface area contributed by atoms with Crippen LogP contribution in [-0.4, -0.2) is 44.5 Å². The number of ether oxygens (including phenoxy) is 1. The average molecular weight is 387 g/mol. The average Bonchev–Trinajstić information content (AvgIpc) is 3.20. The van der Waals surface area contributed by atoms with E-state index in [2.05, 4.69) is 0 Å². The summed E-state index contributed by atoms with van der Waals surface area (Å²) in [5.41, 5.74) is 0.799. The minimum Gasteiger partial charge on any atom is -0.444 e. The molecule has 6 nitrogen and oxygen atoms in total. The number of carbonyl (C=O) groups is 2. The van der Waals surface area contributed by atoms with Gasteiger partial charge in [-0.15, -0.1) is 0 Å². The van der Waals surface area contributed by atoms with E-state index in [0.29, 0.717) is 18.7 Å². The number of hydrogen-bond donors (Lipinski definition) is 0. The molecule has 2 aromatic rings. The number of sulfone groups is 1. The fourth-order valence-electron chi connectivity index (χ4n) is 3.01. The summed E-state index contributed by atoms with van der Waals surface area (Å²) >= 11 is 0. The smallest absolute Gasteiger partial charge is 0.339 e. The monoisotopic (exact) mass is 387 g/mol. The van der Waals surface area contributed by atoms with Crippen LogP contribution < -0.4 is 0 Å². The van der Waals surface area contributed by atoms with Crippen molar-refractivity contribution in [1.82, 2.24) is 4.90 Å². The zero-order valence-corrected chi connectivity index (χ0v) is 15.8. The Balaban J connectivity index is 1.83. The SMILES string of the molecule is CS(=O)(=O)c1ccc(C(=O)O[C@@H](C(=O)N2CCCC2)c2ccccc2)cc1. The molecule has 0 aromatic heterocycles. The van der Waals surface area contributed by atoms with Gasteiger partial charge in [0.2, 0.25) is 6.10 Å². The molecule has 3 rings (SSSR count). The van der Waals surface area contributed by atoms with Crippen LogP contribution in [0.1, 0.15) is 34.9 Å². The van der Waals surface area contributed by atoms with E-state index in [4.69, 9.17) is 4.74 Å². The minimum atomic E-state index is -3.35. The zero-order chi connectivity index (χ0) is 19.4. The fourth-order valence-corrected chi connectivity index (χ4v) is 3.64. The molecule has 27 heavy (non-hydrogen) atoms. The van der Waals surface area contributed by atoms with Crippen molar-refractivity contribution in [2.24, 2.45) is 0 Å². The Labute approximate surface area is 158 Å². The van der Waals surface area contributed by atoms with Gasteiger partial charge in [0.05, 0.1) is 10.5 Å². The number of likely N-dealkylation sites (tertiary alicyclic amines) is 1. The van der Waals surface area contributed by atoms with Gasteiger partial charge in [-0.05, 0) is 37.1 Å². The molecule has 0 radical (unpaired) electrons. The molecular formula is C20H21NO5S. The van der Waals surface area contributed by atoms with Gasteiger partial charge in [0.1, 0.15) is 0 Å². The van der Waals surface area contributed by atoms with Crippen molar-refractivity contribution in [3.63, 3.8) is 0 Å². The second-order valence-electron chi connectivity index (χ2n) is 6.52. The molecule has 7 heteroatoms. The van der Waals surface area contributed by atoms with Gasteiger partial charge in [0.25, 0.3) is 5.91 Å². The molecule has 0 unspecified atom stereocenters. The predicted molar refractivity (Wildman–Crippen MR) is 100.0 cm³/mol. The minimum absolute atomic E-state index is 0.117. The molecule has 0 saturated carbocycles. The molecular weight excluding hydrogens is 366 g/mol. The van der Waals surface area contributed by atoms with Crippen molar-refractivity contribution < 1.29 is 22.7 Å². The summed E-state index contributed by atoms with van der Waals surface area (Å²) in [6.07, 6.45) is 1.95. The Kier molecular flexibility index (Phi) is 5.60. The molecule has 2 aromatic carbocycles. The topological polar surface area (TPSA) is 80.7 Å². The standard InChI is InChI=1S/C20H21NO5S/c1-27(24,25)17-11-9-16(10-12-17)20(23)26-18(15-7-3-2-4-8-15)19(22)21-13-5-6-14-21/h2-4,7-12,18H,5-6,13-14H2,1H3/t18-/m1/s1. The molecule has 1 atom stereocenters. The molecule has 1 amide bonds. The van der Waals surface area contributed by atoms with Gasteiger partial charge in [-0.2, -0.15) is 0 Å². The lowest BCUT2D eigenvalue weighted by Crippen LogP contribution is -2.34. The third-order valence-electron chi connectivity index (χ3n) is 4.49. The van der Waals surface area contributed by atoms with E-state index >= 15 is 0 Å². The van der Waals surface area contributed by atoms with Crippen LogP contribution in [0.15, 0.2) is 59.5 Å².